The quantitative estimate of drug-likeness (QED) is 0.810. The number of ether oxygens (including phenoxy) is 1. The maximum atomic E-state index is 12.0. The van der Waals surface area contributed by atoms with E-state index in [4.69, 9.17) is 10.5 Å². The predicted molar refractivity (Wildman–Crippen MR) is 79.3 cm³/mol. The Bertz CT molecular complexity index is 724. The van der Waals surface area contributed by atoms with Gasteiger partial charge in [-0.3, -0.25) is 9.59 Å². The lowest BCUT2D eigenvalue weighted by Crippen LogP contribution is -2.29. The van der Waals surface area contributed by atoms with Crippen molar-refractivity contribution in [2.75, 3.05) is 18.2 Å². The van der Waals surface area contributed by atoms with Crippen LogP contribution in [0, 0.1) is 6.92 Å². The van der Waals surface area contributed by atoms with Crippen LogP contribution >= 0.6 is 0 Å². The number of amides is 1. The molecule has 0 aliphatic rings. The van der Waals surface area contributed by atoms with E-state index in [1.165, 1.54) is 19.2 Å². The van der Waals surface area contributed by atoms with Crippen molar-refractivity contribution in [3.05, 3.63) is 46.2 Å². The first-order chi connectivity index (χ1) is 10.0. The third kappa shape index (κ3) is 3.38. The summed E-state index contributed by atoms with van der Waals surface area (Å²) in [4.78, 5) is 23.6. The second-order valence-corrected chi connectivity index (χ2v) is 4.44. The number of nitrogens with zero attached hydrogens (tertiary/aromatic N) is 2. The fourth-order valence-electron chi connectivity index (χ4n) is 1.77. The molecule has 7 nitrogen and oxygen atoms in total. The molecule has 0 radical (unpaired) electrons. The van der Waals surface area contributed by atoms with Crippen LogP contribution in [0.4, 0.5) is 11.4 Å². The first-order valence-electron chi connectivity index (χ1n) is 6.28. The molecule has 0 fully saturated rings. The minimum Gasteiger partial charge on any atom is -0.480 e. The second-order valence-electron chi connectivity index (χ2n) is 4.44. The van der Waals surface area contributed by atoms with E-state index in [1.54, 1.807) is 25.1 Å². The fraction of sp³-hybridized carbons (Fsp3) is 0.214. The Morgan fingerprint density at radius 3 is 2.86 bits per heavy atom. The Kier molecular flexibility index (Phi) is 4.22. The molecule has 0 unspecified atom stereocenters. The summed E-state index contributed by atoms with van der Waals surface area (Å²) in [5, 5.41) is 6.61. The zero-order valence-corrected chi connectivity index (χ0v) is 11.8. The maximum Gasteiger partial charge on any atom is 0.267 e. The number of hydrogen-bond acceptors (Lipinski definition) is 5. The normalized spacial score (nSPS) is 10.2. The van der Waals surface area contributed by atoms with E-state index in [2.05, 4.69) is 10.4 Å². The number of carbonyl (C=O) groups excluding carboxylic acids is 1. The molecule has 110 valence electrons. The Morgan fingerprint density at radius 1 is 1.38 bits per heavy atom. The summed E-state index contributed by atoms with van der Waals surface area (Å²) >= 11 is 0. The van der Waals surface area contributed by atoms with Crippen molar-refractivity contribution in [1.82, 2.24) is 9.78 Å². The highest BCUT2D eigenvalue weighted by Crippen LogP contribution is 2.20. The molecule has 2 rings (SSSR count). The van der Waals surface area contributed by atoms with Gasteiger partial charge >= 0.3 is 0 Å². The fourth-order valence-corrected chi connectivity index (χ4v) is 1.77. The molecular weight excluding hydrogens is 272 g/mol. The Morgan fingerprint density at radius 2 is 2.14 bits per heavy atom. The number of anilines is 2. The predicted octanol–water partition coefficient (Wildman–Crippen LogP) is 0.781. The molecule has 0 atom stereocenters. The van der Waals surface area contributed by atoms with Crippen molar-refractivity contribution < 1.29 is 9.53 Å². The van der Waals surface area contributed by atoms with Gasteiger partial charge in [-0.15, -0.1) is 5.10 Å². The van der Waals surface area contributed by atoms with Gasteiger partial charge in [0.15, 0.2) is 0 Å². The zero-order chi connectivity index (χ0) is 15.4. The van der Waals surface area contributed by atoms with Crippen LogP contribution in [0.1, 0.15) is 5.56 Å². The van der Waals surface area contributed by atoms with Gasteiger partial charge in [-0.1, -0.05) is 6.07 Å². The highest BCUT2D eigenvalue weighted by atomic mass is 16.5. The molecule has 2 aromatic rings. The number of benzene rings is 1. The minimum atomic E-state index is -0.379. The number of nitrogen functional groups attached to an aromatic ring is 1. The molecular formula is C14H16N4O3. The monoisotopic (exact) mass is 288 g/mol. The van der Waals surface area contributed by atoms with Gasteiger partial charge in [0.2, 0.25) is 11.8 Å². The van der Waals surface area contributed by atoms with Crippen molar-refractivity contribution >= 4 is 17.3 Å². The third-order valence-corrected chi connectivity index (χ3v) is 2.99. The molecule has 0 saturated heterocycles. The zero-order valence-electron chi connectivity index (χ0n) is 11.8. The van der Waals surface area contributed by atoms with E-state index in [0.717, 1.165) is 10.2 Å². The van der Waals surface area contributed by atoms with Gasteiger partial charge < -0.3 is 15.8 Å². The van der Waals surface area contributed by atoms with Crippen LogP contribution in [-0.4, -0.2) is 22.8 Å². The van der Waals surface area contributed by atoms with Crippen molar-refractivity contribution in [3.8, 4) is 5.88 Å². The van der Waals surface area contributed by atoms with E-state index in [9.17, 15) is 9.59 Å². The Hall–Kier alpha value is -2.83. The highest BCUT2D eigenvalue weighted by molar-refractivity contribution is 5.92. The average Bonchev–Trinajstić information content (AvgIpc) is 2.46. The molecule has 0 bridgehead atoms. The molecule has 0 aliphatic carbocycles. The number of hydrogen-bond donors (Lipinski definition) is 2. The summed E-state index contributed by atoms with van der Waals surface area (Å²) in [7, 11) is 1.44. The van der Waals surface area contributed by atoms with E-state index in [0.29, 0.717) is 11.4 Å². The third-order valence-electron chi connectivity index (χ3n) is 2.99. The van der Waals surface area contributed by atoms with Crippen molar-refractivity contribution in [2.45, 2.75) is 13.5 Å². The Balaban J connectivity index is 2.15. The molecule has 0 spiro atoms. The molecule has 1 amide bonds. The summed E-state index contributed by atoms with van der Waals surface area (Å²) < 4.78 is 5.96. The standard InChI is InChI=1S/C14H16N4O3/c1-9-10(15)4-3-5-11(9)16-12(19)8-18-14(20)7-6-13(17-18)21-2/h3-7H,8,15H2,1-2H3,(H,16,19). The molecule has 3 N–H and O–H groups in total. The summed E-state index contributed by atoms with van der Waals surface area (Å²) in [6, 6.07) is 7.97. The van der Waals surface area contributed by atoms with Crippen LogP contribution in [-0.2, 0) is 11.3 Å². The van der Waals surface area contributed by atoms with Gasteiger partial charge in [-0.25, -0.2) is 4.68 Å². The summed E-state index contributed by atoms with van der Waals surface area (Å²) in [5.41, 5.74) is 7.37. The first kappa shape index (κ1) is 14.6. The second kappa shape index (κ2) is 6.08. The SMILES string of the molecule is COc1ccc(=O)n(CC(=O)Nc2cccc(N)c2C)n1. The average molecular weight is 288 g/mol. The van der Waals surface area contributed by atoms with Gasteiger partial charge in [-0.05, 0) is 24.6 Å². The summed E-state index contributed by atoms with van der Waals surface area (Å²) in [5.74, 6) is -0.103. The molecule has 0 saturated carbocycles. The van der Waals surface area contributed by atoms with Crippen LogP contribution in [0.3, 0.4) is 0 Å². The smallest absolute Gasteiger partial charge is 0.267 e. The molecule has 1 aromatic heterocycles. The van der Waals surface area contributed by atoms with Crippen molar-refractivity contribution in [3.63, 3.8) is 0 Å². The van der Waals surface area contributed by atoms with Crippen molar-refractivity contribution in [2.24, 2.45) is 0 Å². The summed E-state index contributed by atoms with van der Waals surface area (Å²) in [6.07, 6.45) is 0. The van der Waals surface area contributed by atoms with Gasteiger partial charge in [0, 0.05) is 23.5 Å². The highest BCUT2D eigenvalue weighted by Gasteiger charge is 2.09. The van der Waals surface area contributed by atoms with Crippen LogP contribution in [0.25, 0.3) is 0 Å². The number of methoxy groups -OCH3 is 1. The lowest BCUT2D eigenvalue weighted by molar-refractivity contribution is -0.117. The first-order valence-corrected chi connectivity index (χ1v) is 6.28. The van der Waals surface area contributed by atoms with Gasteiger partial charge in [0.05, 0.1) is 7.11 Å². The van der Waals surface area contributed by atoms with E-state index in [1.807, 2.05) is 0 Å². The molecule has 0 aliphatic heterocycles. The number of nitrogens with two attached hydrogens (primary N) is 1. The number of carbonyl (C=O) groups is 1. The number of rotatable bonds is 4. The Labute approximate surface area is 121 Å². The van der Waals surface area contributed by atoms with Crippen LogP contribution in [0.2, 0.25) is 0 Å². The lowest BCUT2D eigenvalue weighted by Gasteiger charge is -2.11. The molecule has 7 heteroatoms. The van der Waals surface area contributed by atoms with Gasteiger partial charge in [0.25, 0.3) is 5.56 Å². The summed E-state index contributed by atoms with van der Waals surface area (Å²) in [6.45, 7) is 1.60. The number of aromatic nitrogens is 2. The van der Waals surface area contributed by atoms with Gasteiger partial charge in [-0.2, -0.15) is 0 Å². The topological polar surface area (TPSA) is 99.2 Å². The minimum absolute atomic E-state index is 0.204. The largest absolute Gasteiger partial charge is 0.480 e. The van der Waals surface area contributed by atoms with Crippen LogP contribution in [0.15, 0.2) is 35.1 Å². The van der Waals surface area contributed by atoms with Crippen LogP contribution in [0.5, 0.6) is 5.88 Å². The van der Waals surface area contributed by atoms with E-state index >= 15 is 0 Å². The number of nitrogens with one attached hydrogen (secondary N) is 1. The van der Waals surface area contributed by atoms with E-state index < -0.39 is 0 Å². The molecule has 21 heavy (non-hydrogen) atoms. The van der Waals surface area contributed by atoms with E-state index in [-0.39, 0.29) is 23.9 Å². The maximum absolute atomic E-state index is 12.0. The van der Waals surface area contributed by atoms with Crippen LogP contribution < -0.4 is 21.3 Å². The molecule has 1 heterocycles. The van der Waals surface area contributed by atoms with Gasteiger partial charge in [0.1, 0.15) is 6.54 Å². The van der Waals surface area contributed by atoms with Crippen molar-refractivity contribution in [1.29, 1.82) is 0 Å². The lowest BCUT2D eigenvalue weighted by atomic mass is 10.1. The molecule has 1 aromatic carbocycles.